The highest BCUT2D eigenvalue weighted by Crippen LogP contribution is 2.32. The van der Waals surface area contributed by atoms with Crippen LogP contribution in [0.2, 0.25) is 0 Å². The highest BCUT2D eigenvalue weighted by Gasteiger charge is 2.42. The van der Waals surface area contributed by atoms with Gasteiger partial charge in [-0.15, -0.1) is 11.3 Å². The Balaban J connectivity index is 2.33. The molecule has 2 heterocycles. The lowest BCUT2D eigenvalue weighted by Crippen LogP contribution is -2.45. The standard InChI is InChI=1S/C26H39ClN2O5S/c1-15-7-6-8-16(2)24(32)17(3)25(33)26(4,5)21(30)12-23(31)34-20(10-9-15)19(27)11-18-14-35-22(13-28)29-18/h9,11,14,16-17,20-21,24,30,32H,6-8,10,12-13,28H2,1-5H3/b15-9-,19-11?/t16-,17+,20-,21-,24-/m0/s1. The van der Waals surface area contributed by atoms with Gasteiger partial charge < -0.3 is 20.7 Å². The van der Waals surface area contributed by atoms with Crippen LogP contribution in [0.1, 0.15) is 77.4 Å². The summed E-state index contributed by atoms with van der Waals surface area (Å²) >= 11 is 8.00. The van der Waals surface area contributed by atoms with Crippen LogP contribution in [0.25, 0.3) is 6.08 Å². The number of allylic oxidation sites excluding steroid dienone is 1. The van der Waals surface area contributed by atoms with Crippen molar-refractivity contribution in [3.8, 4) is 0 Å². The van der Waals surface area contributed by atoms with Crippen molar-refractivity contribution in [1.29, 1.82) is 0 Å². The first-order valence-electron chi connectivity index (χ1n) is 12.1. The van der Waals surface area contributed by atoms with Gasteiger partial charge in [-0.05, 0) is 38.2 Å². The number of halogens is 1. The second kappa shape index (κ2) is 13.1. The van der Waals surface area contributed by atoms with Gasteiger partial charge in [0.1, 0.15) is 16.9 Å². The minimum atomic E-state index is -1.27. The highest BCUT2D eigenvalue weighted by atomic mass is 35.5. The highest BCUT2D eigenvalue weighted by molar-refractivity contribution is 7.09. The fourth-order valence-electron chi connectivity index (χ4n) is 4.24. The van der Waals surface area contributed by atoms with Gasteiger partial charge in [-0.1, -0.05) is 50.9 Å². The number of carbonyl (C=O) groups is 2. The number of thiazole rings is 1. The predicted molar refractivity (Wildman–Crippen MR) is 140 cm³/mol. The average Bonchev–Trinajstić information content (AvgIpc) is 3.26. The number of ether oxygens (including phenoxy) is 1. The zero-order valence-electron chi connectivity index (χ0n) is 21.3. The van der Waals surface area contributed by atoms with Gasteiger partial charge in [0, 0.05) is 24.3 Å². The van der Waals surface area contributed by atoms with Crippen molar-refractivity contribution in [2.45, 2.75) is 91.6 Å². The van der Waals surface area contributed by atoms with Gasteiger partial charge in [0.2, 0.25) is 0 Å². The summed E-state index contributed by atoms with van der Waals surface area (Å²) in [5, 5.41) is 24.5. The fraction of sp³-hybridized carbons (Fsp3) is 0.654. The van der Waals surface area contributed by atoms with Crippen LogP contribution in [-0.2, 0) is 20.9 Å². The maximum Gasteiger partial charge on any atom is 0.309 e. The lowest BCUT2D eigenvalue weighted by Gasteiger charge is -2.34. The molecule has 0 saturated heterocycles. The second-order valence-electron chi connectivity index (χ2n) is 10.1. The molecule has 0 spiro atoms. The normalized spacial score (nSPS) is 31.5. The minimum absolute atomic E-state index is 0.0748. The summed E-state index contributed by atoms with van der Waals surface area (Å²) in [5.41, 5.74) is 6.16. The molecule has 4 N–H and O–H groups in total. The molecule has 0 aliphatic carbocycles. The van der Waals surface area contributed by atoms with Crippen LogP contribution in [0.5, 0.6) is 0 Å². The Morgan fingerprint density at radius 2 is 2.03 bits per heavy atom. The summed E-state index contributed by atoms with van der Waals surface area (Å²) in [6.07, 6.45) is 3.25. The van der Waals surface area contributed by atoms with E-state index in [4.69, 9.17) is 22.1 Å². The summed E-state index contributed by atoms with van der Waals surface area (Å²) in [6, 6.07) is 0. The van der Waals surface area contributed by atoms with Gasteiger partial charge >= 0.3 is 5.97 Å². The molecular formula is C26H39ClN2O5S. The molecule has 0 aromatic carbocycles. The number of cyclic esters (lactones) is 1. The molecule has 1 aliphatic rings. The molecule has 0 amide bonds. The number of aliphatic hydroxyl groups is 2. The Labute approximate surface area is 217 Å². The van der Waals surface area contributed by atoms with Gasteiger partial charge in [0.15, 0.2) is 0 Å². The van der Waals surface area contributed by atoms with Gasteiger partial charge in [-0.2, -0.15) is 0 Å². The summed E-state index contributed by atoms with van der Waals surface area (Å²) in [5.74, 6) is -1.68. The first kappa shape index (κ1) is 29.6. The summed E-state index contributed by atoms with van der Waals surface area (Å²) in [7, 11) is 0. The van der Waals surface area contributed by atoms with Crippen LogP contribution in [-0.4, -0.2) is 45.3 Å². The third kappa shape index (κ3) is 8.22. The molecule has 5 atom stereocenters. The Morgan fingerprint density at radius 1 is 1.34 bits per heavy atom. The van der Waals surface area contributed by atoms with Crippen LogP contribution in [0.3, 0.4) is 0 Å². The largest absolute Gasteiger partial charge is 0.456 e. The van der Waals surface area contributed by atoms with Gasteiger partial charge in [0.25, 0.3) is 0 Å². The van der Waals surface area contributed by atoms with Crippen molar-refractivity contribution < 1.29 is 24.5 Å². The molecule has 0 bridgehead atoms. The number of nitrogens with zero attached hydrogens (tertiary/aromatic N) is 1. The Morgan fingerprint density at radius 3 is 2.66 bits per heavy atom. The van der Waals surface area contributed by atoms with Crippen molar-refractivity contribution >= 4 is 40.8 Å². The molecule has 9 heteroatoms. The van der Waals surface area contributed by atoms with E-state index in [0.717, 1.165) is 29.8 Å². The predicted octanol–water partition coefficient (Wildman–Crippen LogP) is 4.59. The molecule has 0 fully saturated rings. The quantitative estimate of drug-likeness (QED) is 0.388. The van der Waals surface area contributed by atoms with Crippen LogP contribution < -0.4 is 5.73 Å². The molecule has 1 aromatic heterocycles. The molecule has 7 nitrogen and oxygen atoms in total. The number of nitrogens with two attached hydrogens (primary N) is 1. The molecule has 196 valence electrons. The molecule has 1 aromatic rings. The van der Waals surface area contributed by atoms with E-state index in [1.54, 1.807) is 26.8 Å². The monoisotopic (exact) mass is 526 g/mol. The van der Waals surface area contributed by atoms with Crippen molar-refractivity contribution in [1.82, 2.24) is 4.98 Å². The first-order valence-corrected chi connectivity index (χ1v) is 13.4. The van der Waals surface area contributed by atoms with E-state index in [1.807, 2.05) is 25.3 Å². The third-order valence-corrected chi connectivity index (χ3v) is 8.10. The number of hydrogen-bond acceptors (Lipinski definition) is 8. The minimum Gasteiger partial charge on any atom is -0.456 e. The smallest absolute Gasteiger partial charge is 0.309 e. The Bertz CT molecular complexity index is 942. The Kier molecular flexibility index (Phi) is 11.1. The van der Waals surface area contributed by atoms with E-state index in [0.29, 0.717) is 23.7 Å². The van der Waals surface area contributed by atoms with Gasteiger partial charge in [-0.3, -0.25) is 9.59 Å². The summed E-state index contributed by atoms with van der Waals surface area (Å²) < 4.78 is 5.68. The summed E-state index contributed by atoms with van der Waals surface area (Å²) in [6.45, 7) is 9.15. The number of rotatable bonds is 3. The maximum atomic E-state index is 13.2. The van der Waals surface area contributed by atoms with Crippen molar-refractivity contribution in [2.75, 3.05) is 0 Å². The number of aliphatic hydroxyl groups excluding tert-OH is 2. The van der Waals surface area contributed by atoms with Crippen molar-refractivity contribution in [3.05, 3.63) is 32.8 Å². The zero-order chi connectivity index (χ0) is 26.3. The van der Waals surface area contributed by atoms with Crippen molar-refractivity contribution in [2.24, 2.45) is 23.0 Å². The first-order chi connectivity index (χ1) is 16.4. The number of hydrogen-bond donors (Lipinski definition) is 3. The van der Waals surface area contributed by atoms with E-state index in [2.05, 4.69) is 4.98 Å². The van der Waals surface area contributed by atoms with Crippen molar-refractivity contribution in [3.63, 3.8) is 0 Å². The number of esters is 1. The third-order valence-electron chi connectivity index (χ3n) is 6.86. The molecule has 0 unspecified atom stereocenters. The van der Waals surface area contributed by atoms with E-state index in [9.17, 15) is 19.8 Å². The van der Waals surface area contributed by atoms with Crippen LogP contribution in [0.15, 0.2) is 22.1 Å². The lowest BCUT2D eigenvalue weighted by atomic mass is 9.73. The molecule has 35 heavy (non-hydrogen) atoms. The van der Waals surface area contributed by atoms with Gasteiger partial charge in [0.05, 0.1) is 34.8 Å². The molecule has 0 saturated carbocycles. The number of aromatic nitrogens is 1. The summed E-state index contributed by atoms with van der Waals surface area (Å²) in [4.78, 5) is 30.3. The van der Waals surface area contributed by atoms with E-state index < -0.39 is 35.6 Å². The van der Waals surface area contributed by atoms with E-state index in [1.165, 1.54) is 11.3 Å². The van der Waals surface area contributed by atoms with Crippen LogP contribution in [0, 0.1) is 17.3 Å². The molecule has 0 radical (unpaired) electrons. The van der Waals surface area contributed by atoms with E-state index in [-0.39, 0.29) is 18.1 Å². The maximum absolute atomic E-state index is 13.2. The molecule has 1 aliphatic heterocycles. The molecular weight excluding hydrogens is 488 g/mol. The van der Waals surface area contributed by atoms with E-state index >= 15 is 0 Å². The lowest BCUT2D eigenvalue weighted by molar-refractivity contribution is -0.153. The fourth-order valence-corrected chi connectivity index (χ4v) is 5.12. The van der Waals surface area contributed by atoms with Gasteiger partial charge in [-0.25, -0.2) is 4.98 Å². The Hall–Kier alpha value is -1.58. The second-order valence-corrected chi connectivity index (χ2v) is 11.5. The molecule has 2 rings (SSSR count). The SMILES string of the molecule is C/C1=C/C[C@@H](C(Cl)=Cc2csc(CN)n2)OC(=O)C[C@H](O)C(C)(C)C(=O)[C@H](C)[C@@H](O)[C@@H](C)CCC1. The van der Waals surface area contributed by atoms with Crippen LogP contribution in [0.4, 0.5) is 0 Å². The number of Topliss-reactive ketones (excluding diaryl/α,β-unsaturated/α-hetero) is 1. The van der Waals surface area contributed by atoms with Crippen LogP contribution >= 0.6 is 22.9 Å². The zero-order valence-corrected chi connectivity index (χ0v) is 22.9. The number of carbonyl (C=O) groups excluding carboxylic acids is 2. The number of ketones is 1. The average molecular weight is 527 g/mol. The topological polar surface area (TPSA) is 123 Å².